The summed E-state index contributed by atoms with van der Waals surface area (Å²) in [4.78, 5) is 5.34. The van der Waals surface area contributed by atoms with E-state index in [1.807, 2.05) is 0 Å². The van der Waals surface area contributed by atoms with E-state index in [1.54, 1.807) is 0 Å². The van der Waals surface area contributed by atoms with Crippen molar-refractivity contribution in [2.75, 3.05) is 9.80 Å². The molecule has 478 valence electrons. The Morgan fingerprint density at radius 3 is 0.806 bits per heavy atom. The van der Waals surface area contributed by atoms with Crippen LogP contribution in [-0.4, -0.2) is 11.3 Å². The molecule has 14 aromatic rings. The zero-order valence-corrected chi connectivity index (χ0v) is 58.6. The van der Waals surface area contributed by atoms with Gasteiger partial charge in [-0.25, -0.2) is 0 Å². The summed E-state index contributed by atoms with van der Waals surface area (Å²) in [5.74, 6) is 0. The molecule has 0 fully saturated rings. The average molecular weight is 1270 g/mol. The van der Waals surface area contributed by atoms with Gasteiger partial charge in [-0.3, -0.25) is 0 Å². The molecule has 2 aliphatic rings. The summed E-state index contributed by atoms with van der Waals surface area (Å²) < 4.78 is 2.60. The third-order valence-corrected chi connectivity index (χ3v) is 20.8. The lowest BCUT2D eigenvalue weighted by Crippen LogP contribution is -2.61. The maximum atomic E-state index is 2.67. The Kier molecular flexibility index (Phi) is 14.9. The first kappa shape index (κ1) is 62.2. The van der Waals surface area contributed by atoms with E-state index in [-0.39, 0.29) is 28.4 Å². The highest BCUT2D eigenvalue weighted by Crippen LogP contribution is 2.50. The van der Waals surface area contributed by atoms with E-state index in [0.29, 0.717) is 0 Å². The van der Waals surface area contributed by atoms with Crippen molar-refractivity contribution in [3.8, 4) is 72.4 Å². The molecule has 3 nitrogen and oxygen atoms in total. The molecule has 16 rings (SSSR count). The third kappa shape index (κ3) is 11.1. The van der Waals surface area contributed by atoms with Gasteiger partial charge >= 0.3 is 0 Å². The average Bonchev–Trinajstić information content (AvgIpc) is 0.847. The van der Waals surface area contributed by atoms with Crippen molar-refractivity contribution >= 4 is 79.0 Å². The summed E-state index contributed by atoms with van der Waals surface area (Å²) in [5, 5.41) is 2.42. The predicted molar refractivity (Wildman–Crippen MR) is 422 cm³/mol. The minimum atomic E-state index is -0.202. The number of aromatic nitrogens is 1. The highest BCUT2D eigenvalue weighted by Gasteiger charge is 2.45. The van der Waals surface area contributed by atoms with Crippen LogP contribution in [0.25, 0.3) is 94.3 Å². The number of nitrogens with zero attached hydrogens (tertiary/aromatic N) is 3. The summed E-state index contributed by atoms with van der Waals surface area (Å²) in [7, 11) is 0. The smallest absolute Gasteiger partial charge is 0.252 e. The monoisotopic (exact) mass is 1270 g/mol. The number of benzene rings is 13. The van der Waals surface area contributed by atoms with Crippen molar-refractivity contribution in [1.82, 2.24) is 4.57 Å². The van der Waals surface area contributed by atoms with E-state index in [4.69, 9.17) is 0 Å². The van der Waals surface area contributed by atoms with Crippen molar-refractivity contribution in [3.05, 3.63) is 313 Å². The van der Waals surface area contributed by atoms with Gasteiger partial charge in [0.2, 0.25) is 0 Å². The lowest BCUT2D eigenvalue weighted by molar-refractivity contribution is 0.568. The Morgan fingerprint density at radius 2 is 0.490 bits per heavy atom. The summed E-state index contributed by atoms with van der Waals surface area (Å²) in [5.41, 5.74) is 33.0. The maximum Gasteiger partial charge on any atom is 0.252 e. The van der Waals surface area contributed by atoms with E-state index in [1.165, 1.54) is 128 Å². The van der Waals surface area contributed by atoms with Crippen molar-refractivity contribution < 1.29 is 0 Å². The van der Waals surface area contributed by atoms with Crippen LogP contribution in [0.4, 0.5) is 34.1 Å². The van der Waals surface area contributed by atoms with Crippen LogP contribution < -0.4 is 26.2 Å². The topological polar surface area (TPSA) is 11.4 Å². The predicted octanol–water partition coefficient (Wildman–Crippen LogP) is 24.1. The van der Waals surface area contributed by atoms with E-state index in [2.05, 4.69) is 389 Å². The Labute approximate surface area is 580 Å². The molecule has 0 bridgehead atoms. The molecule has 3 heterocycles. The Morgan fingerprint density at radius 1 is 0.224 bits per heavy atom. The zero-order chi connectivity index (χ0) is 67.6. The van der Waals surface area contributed by atoms with Gasteiger partial charge in [-0.15, -0.1) is 0 Å². The highest BCUT2D eigenvalue weighted by molar-refractivity contribution is 7.00. The van der Waals surface area contributed by atoms with Gasteiger partial charge in [-0.2, -0.15) is 0 Å². The molecule has 2 aliphatic heterocycles. The lowest BCUT2D eigenvalue weighted by Gasteiger charge is -2.45. The fourth-order valence-electron chi connectivity index (χ4n) is 15.1. The van der Waals surface area contributed by atoms with Crippen LogP contribution in [0.5, 0.6) is 0 Å². The summed E-state index contributed by atoms with van der Waals surface area (Å²) in [6.45, 7) is 28.2. The molecule has 0 N–H and O–H groups in total. The van der Waals surface area contributed by atoms with Crippen LogP contribution in [0.1, 0.15) is 105 Å². The number of hydrogen-bond donors (Lipinski definition) is 0. The fourth-order valence-corrected chi connectivity index (χ4v) is 15.1. The van der Waals surface area contributed by atoms with Gasteiger partial charge in [0.05, 0.1) is 16.7 Å². The van der Waals surface area contributed by atoms with Crippen LogP contribution in [0, 0.1) is 0 Å². The third-order valence-electron chi connectivity index (χ3n) is 20.8. The second-order valence-corrected chi connectivity index (χ2v) is 31.5. The van der Waals surface area contributed by atoms with E-state index in [0.717, 1.165) is 39.5 Å². The Balaban J connectivity index is 1.05. The number of rotatable bonds is 9. The number of fused-ring (bicyclic) bond motifs is 7. The quantitative estimate of drug-likeness (QED) is 0.133. The second-order valence-electron chi connectivity index (χ2n) is 31.5. The first-order valence-electron chi connectivity index (χ1n) is 35.0. The lowest BCUT2D eigenvalue weighted by atomic mass is 9.33. The minimum Gasteiger partial charge on any atom is -0.311 e. The van der Waals surface area contributed by atoms with E-state index < -0.39 is 0 Å². The van der Waals surface area contributed by atoms with Gasteiger partial charge < -0.3 is 14.4 Å². The van der Waals surface area contributed by atoms with Gasteiger partial charge in [-0.05, 0) is 188 Å². The molecule has 0 atom stereocenters. The van der Waals surface area contributed by atoms with Crippen molar-refractivity contribution in [1.29, 1.82) is 0 Å². The molecule has 98 heavy (non-hydrogen) atoms. The molecule has 4 heteroatoms. The van der Waals surface area contributed by atoms with E-state index >= 15 is 0 Å². The zero-order valence-electron chi connectivity index (χ0n) is 58.6. The number of hydrogen-bond acceptors (Lipinski definition) is 2. The molecule has 0 radical (unpaired) electrons. The summed E-state index contributed by atoms with van der Waals surface area (Å²) in [6.07, 6.45) is 0. The van der Waals surface area contributed by atoms with Crippen LogP contribution in [-0.2, 0) is 21.7 Å². The van der Waals surface area contributed by atoms with Gasteiger partial charge in [0.1, 0.15) is 0 Å². The summed E-state index contributed by atoms with van der Waals surface area (Å²) in [6, 6.07) is 111. The molecule has 0 saturated heterocycles. The Bertz CT molecular complexity index is 4990. The van der Waals surface area contributed by atoms with Gasteiger partial charge in [0.15, 0.2) is 0 Å². The molecule has 0 amide bonds. The first-order chi connectivity index (χ1) is 47.1. The second kappa shape index (κ2) is 23.6. The van der Waals surface area contributed by atoms with Gasteiger partial charge in [0.25, 0.3) is 6.71 Å². The SMILES string of the molecule is CC(C)(C)c1cc(N2c3ccc(-c4ccc(-c5ccccc5)cc4)cc3B3c4cc(-c5ccc(-c6ccccc6)cc5)ccc4N(c4cc(C(C)(C)C)cc(C(C)(C)C)c4)c4cc(-n5c6cc(-c7ccccc7)ccc6c6ccc(-c7ccccc7)cc65)cc2c43)cc(C(C)(C)C)c1. The molecular weight excluding hydrogens is 1180 g/mol. The molecule has 0 unspecified atom stereocenters. The van der Waals surface area contributed by atoms with Crippen LogP contribution in [0.15, 0.2) is 291 Å². The van der Waals surface area contributed by atoms with Crippen molar-refractivity contribution in [3.63, 3.8) is 0 Å². The van der Waals surface area contributed by atoms with Gasteiger partial charge in [0, 0.05) is 44.9 Å². The molecule has 0 spiro atoms. The fraction of sp³-hybridized carbons (Fsp3) is 0.170. The minimum absolute atomic E-state index is 0.154. The van der Waals surface area contributed by atoms with Crippen LogP contribution in [0.3, 0.4) is 0 Å². The largest absolute Gasteiger partial charge is 0.311 e. The van der Waals surface area contributed by atoms with Crippen LogP contribution in [0.2, 0.25) is 0 Å². The standard InChI is InChI=1S/C94H84BN3/c1-91(2,3)73-53-74(92(4,5)6)56-77(55-73)96-84-47-43-69(67-37-33-65(34-38-67)61-25-17-13-18-26-61)49-82(84)95-83-50-70(68-39-35-66(36-40-68)62-27-19-14-20-28-62)44-48-85(83)97(78-57-75(93(7,8)9)54-76(58-78)94(10,11)12)89-60-79(59-88(96)90(89)95)98-86-51-71(63-29-21-15-22-30-63)41-45-80(86)81-46-42-72(52-87(81)98)64-31-23-16-24-32-64/h13-60H,1-12H3. The molecule has 13 aromatic carbocycles. The summed E-state index contributed by atoms with van der Waals surface area (Å²) >= 11 is 0. The van der Waals surface area contributed by atoms with Crippen molar-refractivity contribution in [2.45, 2.75) is 105 Å². The maximum absolute atomic E-state index is 2.67. The van der Waals surface area contributed by atoms with Gasteiger partial charge in [-0.1, -0.05) is 314 Å². The van der Waals surface area contributed by atoms with Crippen molar-refractivity contribution in [2.24, 2.45) is 0 Å². The first-order valence-corrected chi connectivity index (χ1v) is 35.0. The molecule has 1 aromatic heterocycles. The Hall–Kier alpha value is -10.7. The molecule has 0 saturated carbocycles. The van der Waals surface area contributed by atoms with E-state index in [9.17, 15) is 0 Å². The highest BCUT2D eigenvalue weighted by atomic mass is 15.2. The molecular formula is C94H84BN3. The number of anilines is 6. The van der Waals surface area contributed by atoms with Crippen LogP contribution >= 0.6 is 0 Å². The normalized spacial score (nSPS) is 13.0. The molecule has 0 aliphatic carbocycles.